The minimum absolute atomic E-state index is 0.0816. The van der Waals surface area contributed by atoms with E-state index in [0.717, 1.165) is 12.3 Å². The average Bonchev–Trinajstić information content (AvgIpc) is 2.13. The van der Waals surface area contributed by atoms with E-state index in [1.165, 1.54) is 12.1 Å². The fourth-order valence-corrected chi connectivity index (χ4v) is 1.52. The highest BCUT2D eigenvalue weighted by Gasteiger charge is 2.07. The lowest BCUT2D eigenvalue weighted by Crippen LogP contribution is -2.21. The quantitative estimate of drug-likeness (QED) is 0.753. The summed E-state index contributed by atoms with van der Waals surface area (Å²) >= 11 is 0. The van der Waals surface area contributed by atoms with Crippen molar-refractivity contribution in [2.24, 2.45) is 0 Å². The molecule has 6 nitrogen and oxygen atoms in total. The highest BCUT2D eigenvalue weighted by Crippen LogP contribution is 2.14. The third-order valence-electron chi connectivity index (χ3n) is 1.83. The number of halogens is 1. The highest BCUT2D eigenvalue weighted by atomic mass is 32.2. The number of benzene rings is 1. The first-order valence-electron chi connectivity index (χ1n) is 4.51. The summed E-state index contributed by atoms with van der Waals surface area (Å²) in [5, 5.41) is 10.4. The molecule has 0 heterocycles. The Morgan fingerprint density at radius 1 is 1.47 bits per heavy atom. The highest BCUT2D eigenvalue weighted by molar-refractivity contribution is 7.88. The van der Waals surface area contributed by atoms with Crippen LogP contribution in [0.2, 0.25) is 0 Å². The zero-order valence-electron chi connectivity index (χ0n) is 8.90. The molecule has 1 aromatic rings. The third kappa shape index (κ3) is 4.79. The molecule has 0 spiro atoms. The second-order valence-electron chi connectivity index (χ2n) is 3.33. The van der Waals surface area contributed by atoms with Crippen LogP contribution >= 0.6 is 0 Å². The van der Waals surface area contributed by atoms with E-state index in [1.54, 1.807) is 0 Å². The minimum Gasteiger partial charge on any atom is -0.465 e. The van der Waals surface area contributed by atoms with Gasteiger partial charge in [0.25, 0.3) is 0 Å². The number of carboxylic acid groups (broad SMARTS) is 1. The summed E-state index contributed by atoms with van der Waals surface area (Å²) < 4.78 is 37.2. The second kappa shape index (κ2) is 5.11. The summed E-state index contributed by atoms with van der Waals surface area (Å²) in [6.45, 7) is -0.183. The zero-order chi connectivity index (χ0) is 13.1. The Labute approximate surface area is 97.5 Å². The summed E-state index contributed by atoms with van der Waals surface area (Å²) in [5.41, 5.74) is 0.212. The van der Waals surface area contributed by atoms with Gasteiger partial charge in [0.15, 0.2) is 0 Å². The van der Waals surface area contributed by atoms with Crippen LogP contribution in [-0.4, -0.2) is 25.9 Å². The molecule has 1 amide bonds. The SMILES string of the molecule is CS(=O)(=O)NCc1ccc(NC(=O)O)cc1F. The number of hydrogen-bond donors (Lipinski definition) is 3. The molecule has 0 bridgehead atoms. The standard InChI is InChI=1S/C9H11FN2O4S/c1-17(15,16)11-5-6-2-3-7(4-8(6)10)12-9(13)14/h2-4,11-12H,5H2,1H3,(H,13,14). The lowest BCUT2D eigenvalue weighted by atomic mass is 10.2. The van der Waals surface area contributed by atoms with Crippen LogP contribution < -0.4 is 10.0 Å². The molecule has 3 N–H and O–H groups in total. The van der Waals surface area contributed by atoms with Crippen molar-refractivity contribution in [1.82, 2.24) is 4.72 Å². The molecule has 0 unspecified atom stereocenters. The molecule has 0 atom stereocenters. The van der Waals surface area contributed by atoms with E-state index in [9.17, 15) is 17.6 Å². The fraction of sp³-hybridized carbons (Fsp3) is 0.222. The van der Waals surface area contributed by atoms with Gasteiger partial charge in [-0.1, -0.05) is 6.07 Å². The van der Waals surface area contributed by atoms with Crippen molar-refractivity contribution in [3.05, 3.63) is 29.6 Å². The first-order valence-corrected chi connectivity index (χ1v) is 6.40. The summed E-state index contributed by atoms with van der Waals surface area (Å²) in [6, 6.07) is 3.63. The molecule has 0 saturated carbocycles. The van der Waals surface area contributed by atoms with Gasteiger partial charge in [-0.15, -0.1) is 0 Å². The fourth-order valence-electron chi connectivity index (χ4n) is 1.10. The van der Waals surface area contributed by atoms with E-state index in [1.807, 2.05) is 5.32 Å². The van der Waals surface area contributed by atoms with Crippen LogP contribution in [0.25, 0.3) is 0 Å². The molecule has 17 heavy (non-hydrogen) atoms. The van der Waals surface area contributed by atoms with E-state index in [-0.39, 0.29) is 17.8 Å². The molecule has 1 rings (SSSR count). The number of sulfonamides is 1. The topological polar surface area (TPSA) is 95.5 Å². The van der Waals surface area contributed by atoms with Crippen molar-refractivity contribution < 1.29 is 22.7 Å². The zero-order valence-corrected chi connectivity index (χ0v) is 9.71. The molecular formula is C9H11FN2O4S. The molecule has 0 saturated heterocycles. The van der Waals surface area contributed by atoms with Gasteiger partial charge in [-0.2, -0.15) is 0 Å². The van der Waals surface area contributed by atoms with Gasteiger partial charge in [0, 0.05) is 17.8 Å². The number of carbonyl (C=O) groups is 1. The average molecular weight is 262 g/mol. The van der Waals surface area contributed by atoms with Crippen molar-refractivity contribution >= 4 is 21.8 Å². The summed E-state index contributed by atoms with van der Waals surface area (Å²) in [7, 11) is -3.39. The second-order valence-corrected chi connectivity index (χ2v) is 5.16. The molecule has 0 radical (unpaired) electrons. The minimum atomic E-state index is -3.39. The summed E-state index contributed by atoms with van der Waals surface area (Å²) in [5.74, 6) is -0.688. The van der Waals surface area contributed by atoms with Crippen LogP contribution in [0.5, 0.6) is 0 Å². The normalized spacial score (nSPS) is 11.2. The Balaban J connectivity index is 2.79. The first-order chi connectivity index (χ1) is 7.78. The van der Waals surface area contributed by atoms with Gasteiger partial charge in [-0.25, -0.2) is 22.3 Å². The summed E-state index contributed by atoms with van der Waals surface area (Å²) in [6.07, 6.45) is -0.336. The van der Waals surface area contributed by atoms with Crippen LogP contribution in [0.15, 0.2) is 18.2 Å². The summed E-state index contributed by atoms with van der Waals surface area (Å²) in [4.78, 5) is 10.3. The largest absolute Gasteiger partial charge is 0.465 e. The van der Waals surface area contributed by atoms with Crippen molar-refractivity contribution in [3.8, 4) is 0 Å². The lowest BCUT2D eigenvalue weighted by Gasteiger charge is -2.06. The molecule has 8 heteroatoms. The Kier molecular flexibility index (Phi) is 4.02. The van der Waals surface area contributed by atoms with Gasteiger partial charge < -0.3 is 5.11 Å². The maximum absolute atomic E-state index is 13.4. The van der Waals surface area contributed by atoms with Crippen molar-refractivity contribution in [2.45, 2.75) is 6.54 Å². The molecule has 0 aliphatic carbocycles. The van der Waals surface area contributed by atoms with Crippen LogP contribution in [-0.2, 0) is 16.6 Å². The number of hydrogen-bond acceptors (Lipinski definition) is 3. The van der Waals surface area contributed by atoms with Gasteiger partial charge in [0.2, 0.25) is 10.0 Å². The lowest BCUT2D eigenvalue weighted by molar-refractivity contribution is 0.209. The molecule has 1 aromatic carbocycles. The van der Waals surface area contributed by atoms with Gasteiger partial charge >= 0.3 is 6.09 Å². The third-order valence-corrected chi connectivity index (χ3v) is 2.50. The van der Waals surface area contributed by atoms with Crippen LogP contribution in [0, 0.1) is 5.82 Å². The molecule has 0 aliphatic rings. The molecule has 0 fully saturated rings. The monoisotopic (exact) mass is 262 g/mol. The Bertz CT molecular complexity index is 530. The van der Waals surface area contributed by atoms with E-state index in [4.69, 9.17) is 5.11 Å². The number of anilines is 1. The van der Waals surface area contributed by atoms with E-state index >= 15 is 0 Å². The van der Waals surface area contributed by atoms with Crippen molar-refractivity contribution in [2.75, 3.05) is 11.6 Å². The number of nitrogens with one attached hydrogen (secondary N) is 2. The molecule has 94 valence electrons. The van der Waals surface area contributed by atoms with Crippen LogP contribution in [0.3, 0.4) is 0 Å². The van der Waals surface area contributed by atoms with Gasteiger partial charge in [0.1, 0.15) is 5.82 Å². The van der Waals surface area contributed by atoms with Gasteiger partial charge in [0.05, 0.1) is 6.26 Å². The van der Waals surface area contributed by atoms with E-state index in [2.05, 4.69) is 4.72 Å². The number of amides is 1. The molecule has 0 aromatic heterocycles. The maximum Gasteiger partial charge on any atom is 0.409 e. The van der Waals surface area contributed by atoms with Crippen LogP contribution in [0.4, 0.5) is 14.9 Å². The number of rotatable bonds is 4. The Morgan fingerprint density at radius 2 is 2.12 bits per heavy atom. The van der Waals surface area contributed by atoms with Gasteiger partial charge in [-0.05, 0) is 12.1 Å². The Morgan fingerprint density at radius 3 is 2.59 bits per heavy atom. The van der Waals surface area contributed by atoms with Gasteiger partial charge in [-0.3, -0.25) is 5.32 Å². The predicted octanol–water partition coefficient (Wildman–Crippen LogP) is 0.965. The van der Waals surface area contributed by atoms with E-state index in [0.29, 0.717) is 0 Å². The van der Waals surface area contributed by atoms with Crippen molar-refractivity contribution in [3.63, 3.8) is 0 Å². The molecule has 0 aliphatic heterocycles. The predicted molar refractivity (Wildman–Crippen MR) is 59.7 cm³/mol. The first kappa shape index (κ1) is 13.4. The maximum atomic E-state index is 13.4. The smallest absolute Gasteiger partial charge is 0.409 e. The van der Waals surface area contributed by atoms with Crippen LogP contribution in [0.1, 0.15) is 5.56 Å². The van der Waals surface area contributed by atoms with Crippen molar-refractivity contribution in [1.29, 1.82) is 0 Å². The Hall–Kier alpha value is -1.67. The molecular weight excluding hydrogens is 251 g/mol. The van der Waals surface area contributed by atoms with E-state index < -0.39 is 21.9 Å².